The summed E-state index contributed by atoms with van der Waals surface area (Å²) >= 11 is 1.49. The van der Waals surface area contributed by atoms with Crippen LogP contribution in [0, 0.1) is 0 Å². The van der Waals surface area contributed by atoms with Gasteiger partial charge in [0.25, 0.3) is 5.91 Å². The lowest BCUT2D eigenvalue weighted by Gasteiger charge is -2.16. The van der Waals surface area contributed by atoms with E-state index in [1.807, 2.05) is 22.8 Å². The fraction of sp³-hybridized carbons (Fsp3) is 0.250. The van der Waals surface area contributed by atoms with Crippen LogP contribution in [0.3, 0.4) is 0 Å². The third-order valence-electron chi connectivity index (χ3n) is 3.10. The predicted octanol–water partition coefficient (Wildman–Crippen LogP) is 3.46. The van der Waals surface area contributed by atoms with E-state index in [1.54, 1.807) is 6.07 Å². The molecule has 5 nitrogen and oxygen atoms in total. The highest BCUT2D eigenvalue weighted by Gasteiger charge is 2.36. The molecule has 0 aliphatic rings. The molecule has 0 spiro atoms. The summed E-state index contributed by atoms with van der Waals surface area (Å²) in [4.78, 5) is 23.9. The van der Waals surface area contributed by atoms with E-state index in [2.05, 4.69) is 0 Å². The van der Waals surface area contributed by atoms with Crippen LogP contribution in [0.2, 0.25) is 0 Å². The van der Waals surface area contributed by atoms with Crippen LogP contribution in [0.1, 0.15) is 21.7 Å². The first-order valence-electron chi connectivity index (χ1n) is 7.10. The van der Waals surface area contributed by atoms with Gasteiger partial charge in [0.1, 0.15) is 18.4 Å². The van der Waals surface area contributed by atoms with Gasteiger partial charge in [0.15, 0.2) is 0 Å². The molecule has 2 N–H and O–H groups in total. The SMILES string of the molecule is O=C(NC(CC(F)(F)F)C(=O)O)c1cccc(OCc2cccs2)c1. The van der Waals surface area contributed by atoms with E-state index in [9.17, 15) is 22.8 Å². The molecule has 0 saturated carbocycles. The summed E-state index contributed by atoms with van der Waals surface area (Å²) in [7, 11) is 0. The van der Waals surface area contributed by atoms with Crippen molar-refractivity contribution in [2.45, 2.75) is 25.2 Å². The van der Waals surface area contributed by atoms with Crippen molar-refractivity contribution >= 4 is 23.2 Å². The maximum atomic E-state index is 12.4. The molecule has 9 heteroatoms. The average molecular weight is 373 g/mol. The third-order valence-corrected chi connectivity index (χ3v) is 3.95. The Kier molecular flexibility index (Phi) is 6.02. The number of hydrogen-bond donors (Lipinski definition) is 2. The number of carboxylic acids is 1. The quantitative estimate of drug-likeness (QED) is 0.779. The van der Waals surface area contributed by atoms with Crippen molar-refractivity contribution < 1.29 is 32.6 Å². The summed E-state index contributed by atoms with van der Waals surface area (Å²) in [5, 5.41) is 12.6. The lowest BCUT2D eigenvalue weighted by atomic mass is 10.1. The van der Waals surface area contributed by atoms with Crippen LogP contribution >= 0.6 is 11.3 Å². The van der Waals surface area contributed by atoms with Crippen LogP contribution in [-0.2, 0) is 11.4 Å². The number of thiophene rings is 1. The van der Waals surface area contributed by atoms with Crippen LogP contribution < -0.4 is 10.1 Å². The van der Waals surface area contributed by atoms with Crippen molar-refractivity contribution in [3.05, 3.63) is 52.2 Å². The smallest absolute Gasteiger partial charge is 0.391 e. The summed E-state index contributed by atoms with van der Waals surface area (Å²) in [6.07, 6.45) is -6.36. The van der Waals surface area contributed by atoms with Crippen molar-refractivity contribution in [2.24, 2.45) is 0 Å². The first-order valence-corrected chi connectivity index (χ1v) is 7.98. The number of carbonyl (C=O) groups excluding carboxylic acids is 1. The molecule has 2 rings (SSSR count). The second kappa shape index (κ2) is 8.02. The van der Waals surface area contributed by atoms with Crippen molar-refractivity contribution in [1.29, 1.82) is 0 Å². The Labute approximate surface area is 145 Å². The molecule has 0 radical (unpaired) electrons. The second-order valence-electron chi connectivity index (χ2n) is 5.08. The highest BCUT2D eigenvalue weighted by molar-refractivity contribution is 7.09. The lowest BCUT2D eigenvalue weighted by Crippen LogP contribution is -2.43. The first-order chi connectivity index (χ1) is 11.7. The maximum absolute atomic E-state index is 12.4. The van der Waals surface area contributed by atoms with E-state index in [4.69, 9.17) is 9.84 Å². The number of carboxylic acid groups (broad SMARTS) is 1. The molecule has 1 heterocycles. The molecule has 25 heavy (non-hydrogen) atoms. The number of carbonyl (C=O) groups is 2. The van der Waals surface area contributed by atoms with Gasteiger partial charge in [-0.1, -0.05) is 12.1 Å². The van der Waals surface area contributed by atoms with Gasteiger partial charge in [-0.2, -0.15) is 13.2 Å². The van der Waals surface area contributed by atoms with E-state index in [0.29, 0.717) is 5.75 Å². The molecule has 134 valence electrons. The van der Waals surface area contributed by atoms with Gasteiger partial charge in [-0.05, 0) is 29.6 Å². The minimum Gasteiger partial charge on any atom is -0.488 e. The van der Waals surface area contributed by atoms with E-state index < -0.39 is 30.5 Å². The Morgan fingerprint density at radius 1 is 1.24 bits per heavy atom. The Hall–Kier alpha value is -2.55. The standard InChI is InChI=1S/C16H14F3NO4S/c17-16(18,19)8-13(15(22)23)20-14(21)10-3-1-4-11(7-10)24-9-12-5-2-6-25-12/h1-7,13H,8-9H2,(H,20,21)(H,22,23). The normalized spacial score (nSPS) is 12.4. The summed E-state index contributed by atoms with van der Waals surface area (Å²) in [5.74, 6) is -2.32. The van der Waals surface area contributed by atoms with Crippen molar-refractivity contribution in [1.82, 2.24) is 5.32 Å². The molecular formula is C16H14F3NO4S. The van der Waals surface area contributed by atoms with E-state index >= 15 is 0 Å². The van der Waals surface area contributed by atoms with E-state index in [1.165, 1.54) is 29.5 Å². The maximum Gasteiger partial charge on any atom is 0.391 e. The summed E-state index contributed by atoms with van der Waals surface area (Å²) in [6.45, 7) is 0.286. The van der Waals surface area contributed by atoms with Crippen LogP contribution in [-0.4, -0.2) is 29.2 Å². The number of nitrogens with one attached hydrogen (secondary N) is 1. The molecule has 0 aliphatic heterocycles. The number of halogens is 3. The van der Waals surface area contributed by atoms with Crippen molar-refractivity contribution in [2.75, 3.05) is 0 Å². The van der Waals surface area contributed by atoms with Gasteiger partial charge in [0.2, 0.25) is 0 Å². The molecule has 2 aromatic rings. The second-order valence-corrected chi connectivity index (χ2v) is 6.11. The number of amides is 1. The lowest BCUT2D eigenvalue weighted by molar-refractivity contribution is -0.157. The van der Waals surface area contributed by atoms with Crippen LogP contribution in [0.15, 0.2) is 41.8 Å². The topological polar surface area (TPSA) is 75.6 Å². The van der Waals surface area contributed by atoms with Gasteiger partial charge in [0, 0.05) is 10.4 Å². The highest BCUT2D eigenvalue weighted by Crippen LogP contribution is 2.22. The zero-order valence-electron chi connectivity index (χ0n) is 12.7. The minimum atomic E-state index is -4.71. The van der Waals surface area contributed by atoms with E-state index in [0.717, 1.165) is 4.88 Å². The zero-order chi connectivity index (χ0) is 18.4. The average Bonchev–Trinajstić information content (AvgIpc) is 3.04. The Balaban J connectivity index is 2.02. The Morgan fingerprint density at radius 3 is 2.60 bits per heavy atom. The van der Waals surface area contributed by atoms with E-state index in [-0.39, 0.29) is 12.2 Å². The fourth-order valence-electron chi connectivity index (χ4n) is 1.95. The highest BCUT2D eigenvalue weighted by atomic mass is 32.1. The molecule has 1 unspecified atom stereocenters. The number of ether oxygens (including phenoxy) is 1. The zero-order valence-corrected chi connectivity index (χ0v) is 13.6. The summed E-state index contributed by atoms with van der Waals surface area (Å²) < 4.78 is 42.7. The van der Waals surface area contributed by atoms with Crippen molar-refractivity contribution in [3.63, 3.8) is 0 Å². The van der Waals surface area contributed by atoms with Crippen LogP contribution in [0.4, 0.5) is 13.2 Å². The van der Waals surface area contributed by atoms with Crippen LogP contribution in [0.25, 0.3) is 0 Å². The van der Waals surface area contributed by atoms with Gasteiger partial charge in [-0.3, -0.25) is 4.79 Å². The monoisotopic (exact) mass is 373 g/mol. The Bertz CT molecular complexity index is 731. The first kappa shape index (κ1) is 18.8. The van der Waals surface area contributed by atoms with Gasteiger partial charge < -0.3 is 15.2 Å². The number of aliphatic carboxylic acids is 1. The number of alkyl halides is 3. The molecular weight excluding hydrogens is 359 g/mol. The van der Waals surface area contributed by atoms with Gasteiger partial charge >= 0.3 is 12.1 Å². The third kappa shape index (κ3) is 6.11. The molecule has 0 fully saturated rings. The number of rotatable bonds is 7. The molecule has 1 aromatic carbocycles. The van der Waals surface area contributed by atoms with Gasteiger partial charge in [-0.15, -0.1) is 11.3 Å². The Morgan fingerprint density at radius 2 is 2.00 bits per heavy atom. The van der Waals surface area contributed by atoms with Crippen LogP contribution in [0.5, 0.6) is 5.75 Å². The summed E-state index contributed by atoms with van der Waals surface area (Å²) in [6, 6.07) is 7.47. The molecule has 1 atom stereocenters. The van der Waals surface area contributed by atoms with Crippen molar-refractivity contribution in [3.8, 4) is 5.75 Å². The molecule has 0 saturated heterocycles. The van der Waals surface area contributed by atoms with Gasteiger partial charge in [-0.25, -0.2) is 4.79 Å². The van der Waals surface area contributed by atoms with Gasteiger partial charge in [0.05, 0.1) is 6.42 Å². The fourth-order valence-corrected chi connectivity index (χ4v) is 2.57. The number of hydrogen-bond acceptors (Lipinski definition) is 4. The molecule has 1 amide bonds. The molecule has 1 aromatic heterocycles. The molecule has 0 aliphatic carbocycles. The minimum absolute atomic E-state index is 0.0112. The number of benzene rings is 1. The summed E-state index contributed by atoms with van der Waals surface area (Å²) in [5.41, 5.74) is 0.0112. The molecule has 0 bridgehead atoms. The largest absolute Gasteiger partial charge is 0.488 e. The predicted molar refractivity (Wildman–Crippen MR) is 84.7 cm³/mol.